The number of hydrogen-bond donors (Lipinski definition) is 0. The summed E-state index contributed by atoms with van der Waals surface area (Å²) in [5.74, 6) is 0.635. The van der Waals surface area contributed by atoms with Gasteiger partial charge in [-0.25, -0.2) is 0 Å². The Kier molecular flexibility index (Phi) is 2.95. The molecule has 0 radical (unpaired) electrons. The van der Waals surface area contributed by atoms with E-state index in [9.17, 15) is 0 Å². The van der Waals surface area contributed by atoms with Crippen molar-refractivity contribution in [1.82, 2.24) is 0 Å². The summed E-state index contributed by atoms with van der Waals surface area (Å²) in [7, 11) is 0. The molecule has 1 aromatic rings. The fourth-order valence-electron chi connectivity index (χ4n) is 2.15. The van der Waals surface area contributed by atoms with Crippen LogP contribution < -0.4 is 0 Å². The minimum Gasteiger partial charge on any atom is -0.148 e. The van der Waals surface area contributed by atoms with Crippen LogP contribution in [0.3, 0.4) is 0 Å². The van der Waals surface area contributed by atoms with E-state index in [2.05, 4.69) is 18.4 Å². The standard InChI is InChI=1S/C11H15ClS/c1-8-6-7-13-11(8)9-4-2-3-5-10(9)12/h6-7,9-10H,2-5H2,1H3. The van der Waals surface area contributed by atoms with Gasteiger partial charge in [0.1, 0.15) is 0 Å². The second-order valence-corrected chi connectivity index (χ2v) is 5.38. The van der Waals surface area contributed by atoms with Crippen molar-refractivity contribution in [2.45, 2.75) is 43.9 Å². The minimum absolute atomic E-state index is 0.381. The molecule has 0 spiro atoms. The number of alkyl halides is 1. The second kappa shape index (κ2) is 4.02. The van der Waals surface area contributed by atoms with Crippen molar-refractivity contribution >= 4 is 22.9 Å². The molecular weight excluding hydrogens is 200 g/mol. The first kappa shape index (κ1) is 9.54. The van der Waals surface area contributed by atoms with Crippen LogP contribution in [0, 0.1) is 6.92 Å². The molecule has 0 saturated heterocycles. The third-order valence-corrected chi connectivity index (χ3v) is 4.59. The maximum atomic E-state index is 6.35. The van der Waals surface area contributed by atoms with Gasteiger partial charge in [-0.15, -0.1) is 22.9 Å². The number of aryl methyl sites for hydroxylation is 1. The van der Waals surface area contributed by atoms with Gasteiger partial charge in [0, 0.05) is 16.2 Å². The van der Waals surface area contributed by atoms with E-state index in [0.29, 0.717) is 11.3 Å². The first-order valence-electron chi connectivity index (χ1n) is 4.97. The lowest BCUT2D eigenvalue weighted by molar-refractivity contribution is 0.454. The maximum absolute atomic E-state index is 6.35. The summed E-state index contributed by atoms with van der Waals surface area (Å²) in [6.07, 6.45) is 5.15. The van der Waals surface area contributed by atoms with Crippen LogP contribution in [0.2, 0.25) is 0 Å². The van der Waals surface area contributed by atoms with Crippen LogP contribution in [0.4, 0.5) is 0 Å². The van der Waals surface area contributed by atoms with E-state index in [4.69, 9.17) is 11.6 Å². The summed E-state index contributed by atoms with van der Waals surface area (Å²) in [4.78, 5) is 1.53. The molecule has 0 amide bonds. The highest BCUT2D eigenvalue weighted by molar-refractivity contribution is 7.10. The summed E-state index contributed by atoms with van der Waals surface area (Å²) >= 11 is 8.23. The maximum Gasteiger partial charge on any atom is 0.0412 e. The number of rotatable bonds is 1. The average molecular weight is 215 g/mol. The van der Waals surface area contributed by atoms with Crippen LogP contribution in [0.1, 0.15) is 42.0 Å². The van der Waals surface area contributed by atoms with E-state index in [0.717, 1.165) is 0 Å². The van der Waals surface area contributed by atoms with Gasteiger partial charge < -0.3 is 0 Å². The Bertz CT molecular complexity index is 279. The molecular formula is C11H15ClS. The number of hydrogen-bond acceptors (Lipinski definition) is 1. The van der Waals surface area contributed by atoms with Crippen molar-refractivity contribution in [2.75, 3.05) is 0 Å². The predicted octanol–water partition coefficient (Wildman–Crippen LogP) is 4.32. The highest BCUT2D eigenvalue weighted by atomic mass is 35.5. The van der Waals surface area contributed by atoms with E-state index < -0.39 is 0 Å². The smallest absolute Gasteiger partial charge is 0.0412 e. The predicted molar refractivity (Wildman–Crippen MR) is 59.9 cm³/mol. The zero-order valence-electron chi connectivity index (χ0n) is 7.92. The van der Waals surface area contributed by atoms with Crippen molar-refractivity contribution in [3.63, 3.8) is 0 Å². The summed E-state index contributed by atoms with van der Waals surface area (Å²) in [6, 6.07) is 2.21. The lowest BCUT2D eigenvalue weighted by Crippen LogP contribution is -2.17. The molecule has 13 heavy (non-hydrogen) atoms. The second-order valence-electron chi connectivity index (χ2n) is 3.87. The van der Waals surface area contributed by atoms with Gasteiger partial charge in [-0.05, 0) is 36.8 Å². The van der Waals surface area contributed by atoms with E-state index in [1.807, 2.05) is 11.3 Å². The van der Waals surface area contributed by atoms with Gasteiger partial charge in [-0.2, -0.15) is 0 Å². The molecule has 1 heterocycles. The van der Waals surface area contributed by atoms with Gasteiger partial charge in [0.2, 0.25) is 0 Å². The summed E-state index contributed by atoms with van der Waals surface area (Å²) in [5.41, 5.74) is 1.43. The molecule has 1 aromatic heterocycles. The van der Waals surface area contributed by atoms with Crippen LogP contribution in [0.25, 0.3) is 0 Å². The fourth-order valence-corrected chi connectivity index (χ4v) is 3.76. The highest BCUT2D eigenvalue weighted by Crippen LogP contribution is 2.39. The Morgan fingerprint density at radius 2 is 2.15 bits per heavy atom. The Hall–Kier alpha value is -0.0100. The Balaban J connectivity index is 2.19. The molecule has 72 valence electrons. The monoisotopic (exact) mass is 214 g/mol. The molecule has 1 aliphatic rings. The largest absolute Gasteiger partial charge is 0.148 e. The molecule has 2 atom stereocenters. The molecule has 0 aliphatic heterocycles. The van der Waals surface area contributed by atoms with Crippen LogP contribution in [-0.4, -0.2) is 5.38 Å². The molecule has 1 fully saturated rings. The van der Waals surface area contributed by atoms with E-state index in [1.165, 1.54) is 36.1 Å². The average Bonchev–Trinajstić information content (AvgIpc) is 2.52. The van der Waals surface area contributed by atoms with Crippen LogP contribution in [0.15, 0.2) is 11.4 Å². The normalized spacial score (nSPS) is 29.1. The lowest BCUT2D eigenvalue weighted by Gasteiger charge is -2.26. The molecule has 1 aliphatic carbocycles. The zero-order chi connectivity index (χ0) is 9.26. The van der Waals surface area contributed by atoms with E-state index in [-0.39, 0.29) is 0 Å². The Morgan fingerprint density at radius 1 is 1.38 bits per heavy atom. The summed E-state index contributed by atoms with van der Waals surface area (Å²) in [6.45, 7) is 2.20. The lowest BCUT2D eigenvalue weighted by atomic mass is 9.86. The van der Waals surface area contributed by atoms with Crippen molar-refractivity contribution in [1.29, 1.82) is 0 Å². The minimum atomic E-state index is 0.381. The van der Waals surface area contributed by atoms with Crippen molar-refractivity contribution in [3.05, 3.63) is 21.9 Å². The quantitative estimate of drug-likeness (QED) is 0.611. The Labute approximate surface area is 88.9 Å². The molecule has 2 unspecified atom stereocenters. The van der Waals surface area contributed by atoms with Gasteiger partial charge in [0.05, 0.1) is 0 Å². The van der Waals surface area contributed by atoms with E-state index >= 15 is 0 Å². The fraction of sp³-hybridized carbons (Fsp3) is 0.636. The molecule has 2 heteroatoms. The van der Waals surface area contributed by atoms with Crippen molar-refractivity contribution in [2.24, 2.45) is 0 Å². The highest BCUT2D eigenvalue weighted by Gasteiger charge is 2.26. The SMILES string of the molecule is Cc1ccsc1C1CCCCC1Cl. The summed E-state index contributed by atoms with van der Waals surface area (Å²) < 4.78 is 0. The summed E-state index contributed by atoms with van der Waals surface area (Å²) in [5, 5.41) is 2.56. The van der Waals surface area contributed by atoms with Crippen molar-refractivity contribution in [3.8, 4) is 0 Å². The molecule has 0 nitrogen and oxygen atoms in total. The van der Waals surface area contributed by atoms with Gasteiger partial charge in [0.25, 0.3) is 0 Å². The van der Waals surface area contributed by atoms with Gasteiger partial charge in [0.15, 0.2) is 0 Å². The van der Waals surface area contributed by atoms with Gasteiger partial charge in [-0.3, -0.25) is 0 Å². The van der Waals surface area contributed by atoms with Crippen LogP contribution in [0.5, 0.6) is 0 Å². The molecule has 0 aromatic carbocycles. The third-order valence-electron chi connectivity index (χ3n) is 2.92. The first-order valence-corrected chi connectivity index (χ1v) is 6.28. The zero-order valence-corrected chi connectivity index (χ0v) is 9.50. The molecule has 1 saturated carbocycles. The third kappa shape index (κ3) is 1.92. The molecule has 2 rings (SSSR count). The number of thiophene rings is 1. The van der Waals surface area contributed by atoms with E-state index in [1.54, 1.807) is 0 Å². The molecule has 0 bridgehead atoms. The van der Waals surface area contributed by atoms with Crippen molar-refractivity contribution < 1.29 is 0 Å². The van der Waals surface area contributed by atoms with Gasteiger partial charge in [-0.1, -0.05) is 12.8 Å². The number of halogens is 1. The van der Waals surface area contributed by atoms with Crippen LogP contribution in [-0.2, 0) is 0 Å². The van der Waals surface area contributed by atoms with Gasteiger partial charge >= 0.3 is 0 Å². The topological polar surface area (TPSA) is 0 Å². The molecule has 0 N–H and O–H groups in total. The Morgan fingerprint density at radius 3 is 2.77 bits per heavy atom. The van der Waals surface area contributed by atoms with Crippen LogP contribution >= 0.6 is 22.9 Å². The first-order chi connectivity index (χ1) is 6.29.